The van der Waals surface area contributed by atoms with Gasteiger partial charge in [0.25, 0.3) is 5.56 Å². The molecule has 0 fully saturated rings. The molecular weight excluding hydrogens is 382 g/mol. The molecule has 3 N–H and O–H groups in total. The van der Waals surface area contributed by atoms with Crippen LogP contribution in [0.4, 0.5) is 5.82 Å². The zero-order chi connectivity index (χ0) is 19.1. The Kier molecular flexibility index (Phi) is 4.78. The maximum absolute atomic E-state index is 11.8. The fourth-order valence-corrected chi connectivity index (χ4v) is 4.35. The van der Waals surface area contributed by atoms with E-state index in [1.807, 2.05) is 0 Å². The molecule has 8 nitrogen and oxygen atoms in total. The summed E-state index contributed by atoms with van der Waals surface area (Å²) in [6.45, 7) is 1.26. The SMILES string of the molecule is CC(=O)Nc1cc(=O)nc2n1C(O)(c1ccc(Cl)cc1)C(CC(=O)O)S2. The van der Waals surface area contributed by atoms with Crippen molar-refractivity contribution in [2.75, 3.05) is 5.32 Å². The van der Waals surface area contributed by atoms with Crippen LogP contribution in [-0.2, 0) is 15.3 Å². The van der Waals surface area contributed by atoms with Gasteiger partial charge < -0.3 is 15.5 Å². The first-order chi connectivity index (χ1) is 12.2. The van der Waals surface area contributed by atoms with Crippen molar-refractivity contribution in [3.63, 3.8) is 0 Å². The predicted octanol–water partition coefficient (Wildman–Crippen LogP) is 1.50. The Morgan fingerprint density at radius 1 is 1.38 bits per heavy atom. The van der Waals surface area contributed by atoms with E-state index in [1.165, 1.54) is 11.5 Å². The molecule has 0 saturated carbocycles. The summed E-state index contributed by atoms with van der Waals surface area (Å²) < 4.78 is 1.28. The van der Waals surface area contributed by atoms with E-state index < -0.39 is 28.4 Å². The van der Waals surface area contributed by atoms with Gasteiger partial charge in [-0.15, -0.1) is 0 Å². The number of aliphatic hydroxyl groups is 1. The molecule has 0 spiro atoms. The van der Waals surface area contributed by atoms with E-state index in [1.54, 1.807) is 24.3 Å². The van der Waals surface area contributed by atoms with Crippen molar-refractivity contribution in [2.24, 2.45) is 0 Å². The van der Waals surface area contributed by atoms with Crippen LogP contribution in [-0.4, -0.2) is 36.9 Å². The quantitative estimate of drug-likeness (QED) is 0.670. The molecule has 1 aliphatic rings. The van der Waals surface area contributed by atoms with E-state index in [4.69, 9.17) is 11.6 Å². The molecule has 1 aromatic heterocycles. The number of rotatable bonds is 4. The molecule has 0 saturated heterocycles. The minimum absolute atomic E-state index is 0.0327. The monoisotopic (exact) mass is 395 g/mol. The number of hydrogen-bond acceptors (Lipinski definition) is 6. The molecule has 0 aliphatic carbocycles. The van der Waals surface area contributed by atoms with E-state index in [0.717, 1.165) is 17.8 Å². The Labute approximate surface area is 156 Å². The normalized spacial score (nSPS) is 21.3. The van der Waals surface area contributed by atoms with E-state index in [2.05, 4.69) is 10.3 Å². The van der Waals surface area contributed by atoms with Gasteiger partial charge in [-0.25, -0.2) is 0 Å². The Morgan fingerprint density at radius 2 is 2.04 bits per heavy atom. The summed E-state index contributed by atoms with van der Waals surface area (Å²) in [4.78, 5) is 38.5. The van der Waals surface area contributed by atoms with Gasteiger partial charge in [0.2, 0.25) is 5.91 Å². The summed E-state index contributed by atoms with van der Waals surface area (Å²) in [5, 5.41) is 23.0. The highest BCUT2D eigenvalue weighted by molar-refractivity contribution is 8.00. The lowest BCUT2D eigenvalue weighted by Gasteiger charge is -2.32. The zero-order valence-electron chi connectivity index (χ0n) is 13.5. The molecule has 0 radical (unpaired) electrons. The van der Waals surface area contributed by atoms with Gasteiger partial charge in [-0.1, -0.05) is 35.5 Å². The van der Waals surface area contributed by atoms with E-state index in [9.17, 15) is 24.6 Å². The third kappa shape index (κ3) is 3.20. The van der Waals surface area contributed by atoms with Crippen LogP contribution in [0.3, 0.4) is 0 Å². The average molecular weight is 396 g/mol. The third-order valence-electron chi connectivity index (χ3n) is 3.87. The summed E-state index contributed by atoms with van der Waals surface area (Å²) >= 11 is 6.87. The van der Waals surface area contributed by atoms with Crippen molar-refractivity contribution < 1.29 is 19.8 Å². The van der Waals surface area contributed by atoms with Crippen LogP contribution in [0.25, 0.3) is 0 Å². The number of anilines is 1. The molecule has 2 heterocycles. The van der Waals surface area contributed by atoms with Crippen LogP contribution in [0.15, 0.2) is 40.3 Å². The minimum atomic E-state index is -1.85. The molecule has 2 unspecified atom stereocenters. The number of nitrogens with one attached hydrogen (secondary N) is 1. The second kappa shape index (κ2) is 6.75. The van der Waals surface area contributed by atoms with Crippen LogP contribution in [0.1, 0.15) is 18.9 Å². The lowest BCUT2D eigenvalue weighted by Crippen LogP contribution is -2.43. The second-order valence-corrected chi connectivity index (χ2v) is 7.32. The molecular formula is C16H14ClN3O5S. The lowest BCUT2D eigenvalue weighted by atomic mass is 9.96. The van der Waals surface area contributed by atoms with Crippen LogP contribution >= 0.6 is 23.4 Å². The fraction of sp³-hybridized carbons (Fsp3) is 0.250. The Bertz CT molecular complexity index is 946. The molecule has 1 amide bonds. The molecule has 1 aliphatic heterocycles. The number of thioether (sulfide) groups is 1. The summed E-state index contributed by atoms with van der Waals surface area (Å²) in [6.07, 6.45) is -0.388. The van der Waals surface area contributed by atoms with Gasteiger partial charge in [-0.2, -0.15) is 4.98 Å². The van der Waals surface area contributed by atoms with Crippen molar-refractivity contribution in [3.8, 4) is 0 Å². The molecule has 2 atom stereocenters. The number of aliphatic carboxylic acids is 1. The first-order valence-corrected chi connectivity index (χ1v) is 8.76. The summed E-state index contributed by atoms with van der Waals surface area (Å²) in [6, 6.07) is 7.31. The zero-order valence-corrected chi connectivity index (χ0v) is 15.0. The number of carboxylic acids is 1. The average Bonchev–Trinajstić information content (AvgIpc) is 2.79. The number of hydrogen-bond donors (Lipinski definition) is 3. The standard InChI is InChI=1S/C16H14ClN3O5S/c1-8(21)18-12-7-13(22)19-15-20(12)16(25,11(26-15)6-14(23)24)9-2-4-10(17)5-3-9/h2-5,7,11,25H,6H2,1H3,(H,18,21)(H,23,24). The Morgan fingerprint density at radius 3 is 2.62 bits per heavy atom. The van der Waals surface area contributed by atoms with Crippen LogP contribution < -0.4 is 10.9 Å². The first kappa shape index (κ1) is 18.4. The molecule has 1 aromatic carbocycles. The second-order valence-electron chi connectivity index (χ2n) is 5.72. The number of amides is 1. The summed E-state index contributed by atoms with van der Waals surface area (Å²) in [7, 11) is 0. The number of carbonyl (C=O) groups excluding carboxylic acids is 1. The summed E-state index contributed by atoms with van der Waals surface area (Å²) in [5.74, 6) is -1.53. The highest BCUT2D eigenvalue weighted by Crippen LogP contribution is 2.48. The number of fused-ring (bicyclic) bond motifs is 1. The highest BCUT2D eigenvalue weighted by Gasteiger charge is 2.50. The Balaban J connectivity index is 2.25. The number of benzene rings is 1. The smallest absolute Gasteiger partial charge is 0.304 e. The number of halogens is 1. The number of aromatic nitrogens is 2. The molecule has 2 aromatic rings. The van der Waals surface area contributed by atoms with Crippen molar-refractivity contribution in [1.29, 1.82) is 0 Å². The van der Waals surface area contributed by atoms with Gasteiger partial charge in [-0.3, -0.25) is 19.0 Å². The van der Waals surface area contributed by atoms with Crippen molar-refractivity contribution in [2.45, 2.75) is 29.5 Å². The van der Waals surface area contributed by atoms with E-state index in [0.29, 0.717) is 10.6 Å². The topological polar surface area (TPSA) is 122 Å². The number of carbonyl (C=O) groups is 2. The molecule has 136 valence electrons. The largest absolute Gasteiger partial charge is 0.481 e. The van der Waals surface area contributed by atoms with Gasteiger partial charge in [0.05, 0.1) is 11.7 Å². The van der Waals surface area contributed by atoms with Gasteiger partial charge in [0.15, 0.2) is 10.9 Å². The molecule has 0 bridgehead atoms. The maximum atomic E-state index is 11.8. The molecule has 10 heteroatoms. The van der Waals surface area contributed by atoms with Crippen molar-refractivity contribution in [1.82, 2.24) is 9.55 Å². The van der Waals surface area contributed by atoms with E-state index >= 15 is 0 Å². The third-order valence-corrected chi connectivity index (χ3v) is 5.39. The van der Waals surface area contributed by atoms with Crippen LogP contribution in [0.5, 0.6) is 0 Å². The number of nitrogens with zero attached hydrogens (tertiary/aromatic N) is 2. The first-order valence-electron chi connectivity index (χ1n) is 7.51. The molecule has 26 heavy (non-hydrogen) atoms. The van der Waals surface area contributed by atoms with Crippen molar-refractivity contribution in [3.05, 3.63) is 51.3 Å². The van der Waals surface area contributed by atoms with Crippen molar-refractivity contribution >= 4 is 41.1 Å². The molecule has 3 rings (SSSR count). The van der Waals surface area contributed by atoms with Gasteiger partial charge in [0, 0.05) is 23.6 Å². The van der Waals surface area contributed by atoms with Crippen LogP contribution in [0.2, 0.25) is 5.02 Å². The summed E-state index contributed by atoms with van der Waals surface area (Å²) in [5.41, 5.74) is -2.10. The lowest BCUT2D eigenvalue weighted by molar-refractivity contribution is -0.138. The van der Waals surface area contributed by atoms with Gasteiger partial charge in [-0.05, 0) is 12.1 Å². The van der Waals surface area contributed by atoms with Crippen LogP contribution in [0, 0.1) is 0 Å². The van der Waals surface area contributed by atoms with Gasteiger partial charge in [0.1, 0.15) is 5.82 Å². The predicted molar refractivity (Wildman–Crippen MR) is 95.4 cm³/mol. The fourth-order valence-electron chi connectivity index (χ4n) is 2.85. The highest BCUT2D eigenvalue weighted by atomic mass is 35.5. The Hall–Kier alpha value is -2.36. The maximum Gasteiger partial charge on any atom is 0.304 e. The van der Waals surface area contributed by atoms with E-state index in [-0.39, 0.29) is 17.4 Å². The number of carboxylic acid groups (broad SMARTS) is 1. The van der Waals surface area contributed by atoms with Gasteiger partial charge >= 0.3 is 5.97 Å². The minimum Gasteiger partial charge on any atom is -0.481 e.